The summed E-state index contributed by atoms with van der Waals surface area (Å²) < 4.78 is 5.23. The highest BCUT2D eigenvalue weighted by atomic mass is 16.4. The second kappa shape index (κ2) is 7.15. The van der Waals surface area contributed by atoms with Crippen LogP contribution in [-0.2, 0) is 11.2 Å². The number of rotatable bonds is 5. The van der Waals surface area contributed by atoms with E-state index in [0.29, 0.717) is 25.8 Å². The van der Waals surface area contributed by atoms with Crippen molar-refractivity contribution in [1.82, 2.24) is 5.32 Å². The van der Waals surface area contributed by atoms with Crippen LogP contribution < -0.4 is 11.1 Å². The van der Waals surface area contributed by atoms with Gasteiger partial charge in [0.2, 0.25) is 5.91 Å². The van der Waals surface area contributed by atoms with Crippen LogP contribution in [0.25, 0.3) is 0 Å². The van der Waals surface area contributed by atoms with E-state index >= 15 is 0 Å². The lowest BCUT2D eigenvalue weighted by atomic mass is 9.78. The van der Waals surface area contributed by atoms with Gasteiger partial charge < -0.3 is 20.7 Å². The second-order valence-electron chi connectivity index (χ2n) is 5.57. The molecule has 1 aliphatic rings. The maximum absolute atomic E-state index is 12.6. The largest absolute Gasteiger partial charge is 0.469 e. The van der Waals surface area contributed by atoms with Crippen molar-refractivity contribution < 1.29 is 14.4 Å². The third-order valence-corrected chi connectivity index (χ3v) is 4.23. The molecule has 1 amide bonds. The predicted molar refractivity (Wildman–Crippen MR) is 79.0 cm³/mol. The third-order valence-electron chi connectivity index (χ3n) is 4.23. The van der Waals surface area contributed by atoms with Crippen molar-refractivity contribution in [2.24, 2.45) is 16.3 Å². The van der Waals surface area contributed by atoms with Gasteiger partial charge in [-0.1, -0.05) is 30.8 Å². The molecule has 0 radical (unpaired) electrons. The summed E-state index contributed by atoms with van der Waals surface area (Å²) >= 11 is 0. The minimum Gasteiger partial charge on any atom is -0.469 e. The lowest BCUT2D eigenvalue weighted by Crippen LogP contribution is -2.50. The van der Waals surface area contributed by atoms with Crippen LogP contribution in [0.5, 0.6) is 0 Å². The normalized spacial score (nSPS) is 19.0. The Labute approximate surface area is 124 Å². The SMILES string of the molecule is NC(=NO)C1(C(=O)NCCc2ccco2)CCCCCC1. The van der Waals surface area contributed by atoms with Gasteiger partial charge in [0.1, 0.15) is 11.2 Å². The number of nitrogens with one attached hydrogen (secondary N) is 1. The van der Waals surface area contributed by atoms with Crippen molar-refractivity contribution in [3.05, 3.63) is 24.2 Å². The molecule has 1 aromatic heterocycles. The summed E-state index contributed by atoms with van der Waals surface area (Å²) in [6.07, 6.45) is 7.51. The average Bonchev–Trinajstić information content (AvgIpc) is 2.88. The topological polar surface area (TPSA) is 101 Å². The zero-order valence-corrected chi connectivity index (χ0v) is 12.2. The molecular weight excluding hydrogens is 270 g/mol. The zero-order valence-electron chi connectivity index (χ0n) is 12.2. The van der Waals surface area contributed by atoms with Gasteiger partial charge in [-0.15, -0.1) is 0 Å². The van der Waals surface area contributed by atoms with Crippen molar-refractivity contribution >= 4 is 11.7 Å². The van der Waals surface area contributed by atoms with E-state index in [4.69, 9.17) is 15.4 Å². The Balaban J connectivity index is 2.00. The fourth-order valence-corrected chi connectivity index (χ4v) is 2.95. The number of hydrogen-bond donors (Lipinski definition) is 3. The van der Waals surface area contributed by atoms with Gasteiger partial charge in [0.05, 0.1) is 6.26 Å². The molecule has 6 nitrogen and oxygen atoms in total. The highest BCUT2D eigenvalue weighted by molar-refractivity contribution is 6.06. The molecule has 2 rings (SSSR count). The molecule has 1 saturated carbocycles. The van der Waals surface area contributed by atoms with E-state index in [1.165, 1.54) is 0 Å². The smallest absolute Gasteiger partial charge is 0.233 e. The molecule has 1 fully saturated rings. The summed E-state index contributed by atoms with van der Waals surface area (Å²) in [7, 11) is 0. The summed E-state index contributed by atoms with van der Waals surface area (Å²) in [5, 5.41) is 15.1. The van der Waals surface area contributed by atoms with Gasteiger partial charge in [-0.3, -0.25) is 4.79 Å². The summed E-state index contributed by atoms with van der Waals surface area (Å²) in [6.45, 7) is 0.479. The molecule has 0 unspecified atom stereocenters. The Morgan fingerprint density at radius 3 is 2.67 bits per heavy atom. The Kier molecular flexibility index (Phi) is 5.25. The van der Waals surface area contributed by atoms with Gasteiger partial charge in [-0.25, -0.2) is 0 Å². The fraction of sp³-hybridized carbons (Fsp3) is 0.600. The molecule has 0 aliphatic heterocycles. The highest BCUT2D eigenvalue weighted by Gasteiger charge is 2.42. The van der Waals surface area contributed by atoms with E-state index in [2.05, 4.69) is 10.5 Å². The first-order chi connectivity index (χ1) is 10.2. The number of carbonyl (C=O) groups is 1. The third kappa shape index (κ3) is 3.56. The molecule has 21 heavy (non-hydrogen) atoms. The minimum absolute atomic E-state index is 0.0277. The molecular formula is C15H23N3O3. The predicted octanol–water partition coefficient (Wildman–Crippen LogP) is 2.03. The van der Waals surface area contributed by atoms with E-state index in [1.54, 1.807) is 6.26 Å². The van der Waals surface area contributed by atoms with Crippen LogP contribution in [0.3, 0.4) is 0 Å². The molecule has 1 aromatic rings. The van der Waals surface area contributed by atoms with Gasteiger partial charge in [-0.05, 0) is 25.0 Å². The highest BCUT2D eigenvalue weighted by Crippen LogP contribution is 2.35. The van der Waals surface area contributed by atoms with Gasteiger partial charge in [0.25, 0.3) is 0 Å². The molecule has 0 spiro atoms. The zero-order chi connectivity index (χ0) is 15.1. The molecule has 1 aliphatic carbocycles. The van der Waals surface area contributed by atoms with E-state index in [9.17, 15) is 4.79 Å². The van der Waals surface area contributed by atoms with E-state index < -0.39 is 5.41 Å². The molecule has 6 heteroatoms. The maximum Gasteiger partial charge on any atom is 0.233 e. The van der Waals surface area contributed by atoms with Crippen molar-refractivity contribution in [3.8, 4) is 0 Å². The van der Waals surface area contributed by atoms with Crippen molar-refractivity contribution in [2.75, 3.05) is 6.54 Å². The Morgan fingerprint density at radius 2 is 2.10 bits per heavy atom. The van der Waals surface area contributed by atoms with Crippen LogP contribution in [0.2, 0.25) is 0 Å². The van der Waals surface area contributed by atoms with Crippen LogP contribution in [0.1, 0.15) is 44.3 Å². The number of amides is 1. The monoisotopic (exact) mass is 293 g/mol. The van der Waals surface area contributed by atoms with Gasteiger partial charge in [-0.2, -0.15) is 0 Å². The Morgan fingerprint density at radius 1 is 1.38 bits per heavy atom. The first-order valence-corrected chi connectivity index (χ1v) is 7.48. The van der Waals surface area contributed by atoms with Crippen LogP contribution in [0, 0.1) is 5.41 Å². The molecule has 0 saturated heterocycles. The lowest BCUT2D eigenvalue weighted by Gasteiger charge is -2.29. The Hall–Kier alpha value is -1.98. The first-order valence-electron chi connectivity index (χ1n) is 7.48. The number of carbonyl (C=O) groups excluding carboxylic acids is 1. The average molecular weight is 293 g/mol. The number of oxime groups is 1. The first kappa shape index (κ1) is 15.4. The van der Waals surface area contributed by atoms with Gasteiger partial charge in [0.15, 0.2) is 5.84 Å². The standard InChI is InChI=1S/C15H23N3O3/c16-13(18-20)15(8-3-1-2-4-9-15)14(19)17-10-7-12-6-5-11-21-12/h5-6,11,20H,1-4,7-10H2,(H2,16,18)(H,17,19). The van der Waals surface area contributed by atoms with E-state index in [-0.39, 0.29) is 11.7 Å². The van der Waals surface area contributed by atoms with Crippen molar-refractivity contribution in [2.45, 2.75) is 44.9 Å². The van der Waals surface area contributed by atoms with Gasteiger partial charge in [0, 0.05) is 13.0 Å². The molecule has 0 aromatic carbocycles. The number of nitrogens with zero attached hydrogens (tertiary/aromatic N) is 1. The number of furan rings is 1. The minimum atomic E-state index is -0.867. The van der Waals surface area contributed by atoms with E-state index in [1.807, 2.05) is 12.1 Å². The summed E-state index contributed by atoms with van der Waals surface area (Å²) in [5.74, 6) is 0.708. The number of amidine groups is 1. The summed E-state index contributed by atoms with van der Waals surface area (Å²) in [5.41, 5.74) is 4.97. The van der Waals surface area contributed by atoms with Crippen LogP contribution in [-0.4, -0.2) is 23.5 Å². The molecule has 0 atom stereocenters. The van der Waals surface area contributed by atoms with Crippen molar-refractivity contribution in [3.63, 3.8) is 0 Å². The van der Waals surface area contributed by atoms with Crippen LogP contribution >= 0.6 is 0 Å². The molecule has 0 bridgehead atoms. The Bertz CT molecular complexity index is 474. The fourth-order valence-electron chi connectivity index (χ4n) is 2.95. The summed E-state index contributed by atoms with van der Waals surface area (Å²) in [4.78, 5) is 12.6. The van der Waals surface area contributed by atoms with Gasteiger partial charge >= 0.3 is 0 Å². The van der Waals surface area contributed by atoms with Crippen LogP contribution in [0.15, 0.2) is 28.0 Å². The summed E-state index contributed by atoms with van der Waals surface area (Å²) in [6, 6.07) is 3.69. The van der Waals surface area contributed by atoms with Crippen LogP contribution in [0.4, 0.5) is 0 Å². The maximum atomic E-state index is 12.6. The quantitative estimate of drug-likeness (QED) is 0.254. The van der Waals surface area contributed by atoms with Crippen molar-refractivity contribution in [1.29, 1.82) is 0 Å². The lowest BCUT2D eigenvalue weighted by molar-refractivity contribution is -0.128. The second-order valence-corrected chi connectivity index (χ2v) is 5.57. The molecule has 4 N–H and O–H groups in total. The van der Waals surface area contributed by atoms with E-state index in [0.717, 1.165) is 31.4 Å². The number of nitrogens with two attached hydrogens (primary N) is 1. The molecule has 1 heterocycles. The molecule has 116 valence electrons. The number of hydrogen-bond acceptors (Lipinski definition) is 4.